The number of nitrogens with zero attached hydrogens (tertiary/aromatic N) is 1. The van der Waals surface area contributed by atoms with Gasteiger partial charge in [0.15, 0.2) is 0 Å². The summed E-state index contributed by atoms with van der Waals surface area (Å²) in [6.07, 6.45) is 1.73. The lowest BCUT2D eigenvalue weighted by Crippen LogP contribution is -1.97. The van der Waals surface area contributed by atoms with Gasteiger partial charge < -0.3 is 10.5 Å². The first-order valence-electron chi connectivity index (χ1n) is 6.23. The number of hydrogen-bond donors (Lipinski definition) is 1. The van der Waals surface area contributed by atoms with Gasteiger partial charge in [-0.2, -0.15) is 0 Å². The molecule has 0 saturated carbocycles. The molecule has 0 spiro atoms. The summed E-state index contributed by atoms with van der Waals surface area (Å²) in [6.45, 7) is 0.481. The molecule has 1 heterocycles. The van der Waals surface area contributed by atoms with Gasteiger partial charge in [-0.1, -0.05) is 34.1 Å². The van der Waals surface area contributed by atoms with Crippen LogP contribution in [0.4, 0.5) is 5.82 Å². The van der Waals surface area contributed by atoms with Crippen molar-refractivity contribution in [2.24, 2.45) is 0 Å². The molecule has 4 heteroatoms. The minimum Gasteiger partial charge on any atom is -0.489 e. The van der Waals surface area contributed by atoms with Gasteiger partial charge >= 0.3 is 0 Å². The van der Waals surface area contributed by atoms with E-state index in [9.17, 15) is 0 Å². The van der Waals surface area contributed by atoms with Crippen molar-refractivity contribution in [1.82, 2.24) is 4.98 Å². The summed E-state index contributed by atoms with van der Waals surface area (Å²) < 4.78 is 6.85. The van der Waals surface area contributed by atoms with Crippen LogP contribution in [0.1, 0.15) is 5.56 Å². The molecule has 2 N–H and O–H groups in total. The summed E-state index contributed by atoms with van der Waals surface area (Å²) in [6, 6.07) is 15.9. The van der Waals surface area contributed by atoms with Gasteiger partial charge in [0, 0.05) is 16.2 Å². The van der Waals surface area contributed by atoms with E-state index in [1.807, 2.05) is 24.3 Å². The first-order valence-corrected chi connectivity index (χ1v) is 7.02. The van der Waals surface area contributed by atoms with Gasteiger partial charge in [-0.15, -0.1) is 0 Å². The number of halogens is 1. The van der Waals surface area contributed by atoms with Gasteiger partial charge in [-0.3, -0.25) is 0 Å². The molecule has 1 aromatic heterocycles. The maximum atomic E-state index is 5.78. The van der Waals surface area contributed by atoms with Crippen molar-refractivity contribution in [3.05, 3.63) is 64.8 Å². The van der Waals surface area contributed by atoms with Crippen LogP contribution in [0.5, 0.6) is 5.75 Å². The predicted molar refractivity (Wildman–Crippen MR) is 84.6 cm³/mol. The highest BCUT2D eigenvalue weighted by Crippen LogP contribution is 2.24. The monoisotopic (exact) mass is 328 g/mol. The fourth-order valence-electron chi connectivity index (χ4n) is 1.97. The Labute approximate surface area is 125 Å². The molecule has 0 radical (unpaired) electrons. The number of anilines is 1. The zero-order valence-corrected chi connectivity index (χ0v) is 12.3. The van der Waals surface area contributed by atoms with E-state index >= 15 is 0 Å². The predicted octanol–water partition coefficient (Wildman–Crippen LogP) is 4.16. The minimum absolute atomic E-state index is 0.481. The molecule has 0 atom stereocenters. The second-order valence-electron chi connectivity index (χ2n) is 4.53. The Morgan fingerprint density at radius 2 is 1.80 bits per heavy atom. The number of fused-ring (bicyclic) bond motifs is 1. The molecule has 0 aliphatic heterocycles. The van der Waals surface area contributed by atoms with E-state index in [0.717, 1.165) is 21.2 Å². The molecule has 0 saturated heterocycles. The molecule has 3 nitrogen and oxygen atoms in total. The molecule has 0 aliphatic carbocycles. The number of nitrogens with two attached hydrogens (primary N) is 1. The van der Waals surface area contributed by atoms with E-state index in [4.69, 9.17) is 10.5 Å². The first-order chi connectivity index (χ1) is 9.70. The van der Waals surface area contributed by atoms with Crippen LogP contribution in [0, 0.1) is 0 Å². The third-order valence-corrected chi connectivity index (χ3v) is 3.52. The van der Waals surface area contributed by atoms with Gasteiger partial charge in [-0.05, 0) is 41.1 Å². The minimum atomic E-state index is 0.481. The average Bonchev–Trinajstić information content (AvgIpc) is 2.46. The number of aromatic nitrogens is 1. The van der Waals surface area contributed by atoms with Gasteiger partial charge in [0.05, 0.1) is 0 Å². The Balaban J connectivity index is 1.77. The molecule has 3 aromatic rings. The maximum Gasteiger partial charge on any atom is 0.123 e. The lowest BCUT2D eigenvalue weighted by molar-refractivity contribution is 0.306. The molecule has 2 aromatic carbocycles. The topological polar surface area (TPSA) is 48.1 Å². The molecular formula is C16H13BrN2O. The lowest BCUT2D eigenvalue weighted by atomic mass is 10.1. The third kappa shape index (κ3) is 2.91. The van der Waals surface area contributed by atoms with Crippen LogP contribution in [-0.2, 0) is 6.61 Å². The Kier molecular flexibility index (Phi) is 3.56. The van der Waals surface area contributed by atoms with Gasteiger partial charge in [0.2, 0.25) is 0 Å². The van der Waals surface area contributed by atoms with E-state index < -0.39 is 0 Å². The summed E-state index contributed by atoms with van der Waals surface area (Å²) >= 11 is 3.47. The molecule has 20 heavy (non-hydrogen) atoms. The van der Waals surface area contributed by atoms with Crippen LogP contribution < -0.4 is 10.5 Å². The number of rotatable bonds is 3. The number of hydrogen-bond acceptors (Lipinski definition) is 3. The molecule has 100 valence electrons. The van der Waals surface area contributed by atoms with E-state index in [1.54, 1.807) is 12.3 Å². The van der Waals surface area contributed by atoms with Crippen molar-refractivity contribution < 1.29 is 4.74 Å². The van der Waals surface area contributed by atoms with Crippen molar-refractivity contribution in [2.75, 3.05) is 5.73 Å². The van der Waals surface area contributed by atoms with Crippen molar-refractivity contribution >= 4 is 32.5 Å². The van der Waals surface area contributed by atoms with Crippen LogP contribution in [0.3, 0.4) is 0 Å². The lowest BCUT2D eigenvalue weighted by Gasteiger charge is -2.07. The second-order valence-corrected chi connectivity index (χ2v) is 5.45. The largest absolute Gasteiger partial charge is 0.489 e. The molecule has 0 amide bonds. The number of pyridine rings is 1. The van der Waals surface area contributed by atoms with Crippen LogP contribution in [-0.4, -0.2) is 4.98 Å². The van der Waals surface area contributed by atoms with Crippen LogP contribution >= 0.6 is 15.9 Å². The summed E-state index contributed by atoms with van der Waals surface area (Å²) in [5, 5.41) is 2.34. The summed E-state index contributed by atoms with van der Waals surface area (Å²) in [7, 11) is 0. The Morgan fingerprint density at radius 1 is 1.00 bits per heavy atom. The zero-order valence-electron chi connectivity index (χ0n) is 10.7. The van der Waals surface area contributed by atoms with Crippen LogP contribution in [0.15, 0.2) is 59.2 Å². The zero-order chi connectivity index (χ0) is 13.9. The van der Waals surface area contributed by atoms with E-state index in [1.165, 1.54) is 5.39 Å². The number of nitrogen functional groups attached to an aromatic ring is 1. The Bertz CT molecular complexity index is 741. The quantitative estimate of drug-likeness (QED) is 0.785. The fourth-order valence-corrected chi connectivity index (χ4v) is 2.35. The van der Waals surface area contributed by atoms with Crippen molar-refractivity contribution in [3.63, 3.8) is 0 Å². The second kappa shape index (κ2) is 5.51. The van der Waals surface area contributed by atoms with E-state index in [0.29, 0.717) is 12.4 Å². The fraction of sp³-hybridized carbons (Fsp3) is 0.0625. The Morgan fingerprint density at radius 3 is 2.60 bits per heavy atom. The maximum absolute atomic E-state index is 5.78. The van der Waals surface area contributed by atoms with Crippen molar-refractivity contribution in [1.29, 1.82) is 0 Å². The van der Waals surface area contributed by atoms with Gasteiger partial charge in [0.25, 0.3) is 0 Å². The highest BCUT2D eigenvalue weighted by Gasteiger charge is 2.00. The molecule has 0 unspecified atom stereocenters. The summed E-state index contributed by atoms with van der Waals surface area (Å²) in [5.41, 5.74) is 6.55. The van der Waals surface area contributed by atoms with Crippen LogP contribution in [0.2, 0.25) is 0 Å². The number of benzene rings is 2. The number of ether oxygens (including phenoxy) is 1. The average molecular weight is 329 g/mol. The van der Waals surface area contributed by atoms with E-state index in [-0.39, 0.29) is 0 Å². The highest BCUT2D eigenvalue weighted by atomic mass is 79.9. The van der Waals surface area contributed by atoms with Gasteiger partial charge in [-0.25, -0.2) is 4.98 Å². The third-order valence-electron chi connectivity index (χ3n) is 3.03. The first kappa shape index (κ1) is 12.9. The molecule has 0 aliphatic rings. The summed E-state index contributed by atoms with van der Waals surface area (Å²) in [4.78, 5) is 4.04. The molecule has 3 rings (SSSR count). The highest BCUT2D eigenvalue weighted by molar-refractivity contribution is 9.10. The SMILES string of the molecule is Nc1ccc(COc2ccc3cc(Br)ccc3c2)cn1. The van der Waals surface area contributed by atoms with Gasteiger partial charge in [0.1, 0.15) is 18.2 Å². The summed E-state index contributed by atoms with van der Waals surface area (Å²) in [5.74, 6) is 1.36. The van der Waals surface area contributed by atoms with Crippen molar-refractivity contribution in [3.8, 4) is 5.75 Å². The normalized spacial score (nSPS) is 10.7. The molecule has 0 fully saturated rings. The van der Waals surface area contributed by atoms with Crippen LogP contribution in [0.25, 0.3) is 10.8 Å². The Hall–Kier alpha value is -2.07. The standard InChI is InChI=1S/C16H13BrN2O/c17-14-4-2-13-8-15(5-3-12(13)7-14)20-10-11-1-6-16(18)19-9-11/h1-9H,10H2,(H2,18,19). The van der Waals surface area contributed by atoms with E-state index in [2.05, 4.69) is 39.1 Å². The smallest absolute Gasteiger partial charge is 0.123 e. The molecular weight excluding hydrogens is 316 g/mol. The van der Waals surface area contributed by atoms with Crippen molar-refractivity contribution in [2.45, 2.75) is 6.61 Å². The molecule has 0 bridgehead atoms.